The Hall–Kier alpha value is -0.900. The highest BCUT2D eigenvalue weighted by Crippen LogP contribution is 2.31. The second-order valence-electron chi connectivity index (χ2n) is 5.67. The molecule has 1 heterocycles. The number of rotatable bonds is 5. The van der Waals surface area contributed by atoms with Crippen LogP contribution < -0.4 is 5.32 Å². The third-order valence-electron chi connectivity index (χ3n) is 3.52. The molecule has 0 amide bonds. The summed E-state index contributed by atoms with van der Waals surface area (Å²) in [6.07, 6.45) is 0.978. The molecule has 1 unspecified atom stereocenters. The molecule has 1 atom stereocenters. The van der Waals surface area contributed by atoms with Crippen LogP contribution >= 0.6 is 22.9 Å². The number of halogens is 1. The molecule has 4 heteroatoms. The van der Waals surface area contributed by atoms with Crippen molar-refractivity contribution in [1.82, 2.24) is 10.3 Å². The van der Waals surface area contributed by atoms with Crippen molar-refractivity contribution in [2.75, 3.05) is 0 Å². The molecule has 1 aromatic heterocycles. The van der Waals surface area contributed by atoms with E-state index < -0.39 is 0 Å². The van der Waals surface area contributed by atoms with Gasteiger partial charge >= 0.3 is 0 Å². The Kier molecular flexibility index (Phi) is 5.42. The van der Waals surface area contributed by atoms with Crippen LogP contribution in [0.4, 0.5) is 0 Å². The minimum absolute atomic E-state index is 0.104. The zero-order valence-electron chi connectivity index (χ0n) is 13.3. The van der Waals surface area contributed by atoms with Crippen LogP contribution in [0.2, 0.25) is 5.02 Å². The fourth-order valence-corrected chi connectivity index (χ4v) is 3.62. The van der Waals surface area contributed by atoms with Crippen molar-refractivity contribution in [3.05, 3.63) is 49.9 Å². The summed E-state index contributed by atoms with van der Waals surface area (Å²) in [7, 11) is 0. The van der Waals surface area contributed by atoms with Gasteiger partial charge in [-0.1, -0.05) is 30.7 Å². The average molecular weight is 323 g/mol. The molecule has 2 rings (SSSR count). The van der Waals surface area contributed by atoms with E-state index in [0.29, 0.717) is 6.04 Å². The first-order valence-corrected chi connectivity index (χ1v) is 8.60. The minimum Gasteiger partial charge on any atom is -0.302 e. The molecular formula is C17H23ClN2S. The lowest BCUT2D eigenvalue weighted by Gasteiger charge is -2.20. The Morgan fingerprint density at radius 2 is 2.00 bits per heavy atom. The fraction of sp³-hybridized carbons (Fsp3) is 0.471. The molecule has 0 aliphatic carbocycles. The predicted molar refractivity (Wildman–Crippen MR) is 92.5 cm³/mol. The van der Waals surface area contributed by atoms with E-state index >= 15 is 0 Å². The van der Waals surface area contributed by atoms with Gasteiger partial charge < -0.3 is 5.32 Å². The largest absolute Gasteiger partial charge is 0.302 e. The molecule has 0 aliphatic rings. The van der Waals surface area contributed by atoms with Crippen LogP contribution in [0, 0.1) is 13.8 Å². The van der Waals surface area contributed by atoms with E-state index in [1.165, 1.54) is 16.1 Å². The van der Waals surface area contributed by atoms with Crippen LogP contribution in [-0.4, -0.2) is 11.0 Å². The number of thiazole rings is 1. The molecular weight excluding hydrogens is 300 g/mol. The standard InChI is InChI=1S/C17H23ClN2S/c1-6-15-12(5)21-17(20-15)16(19-10(2)3)13-8-7-11(4)14(18)9-13/h7-10,16,19H,6H2,1-5H3. The highest BCUT2D eigenvalue weighted by atomic mass is 35.5. The molecule has 2 aromatic rings. The number of aromatic nitrogens is 1. The van der Waals surface area contributed by atoms with Crippen molar-refractivity contribution in [2.45, 2.75) is 53.1 Å². The summed E-state index contributed by atoms with van der Waals surface area (Å²) in [4.78, 5) is 6.13. The average Bonchev–Trinajstić information content (AvgIpc) is 2.80. The van der Waals surface area contributed by atoms with E-state index in [2.05, 4.69) is 51.2 Å². The molecule has 0 saturated heterocycles. The van der Waals surface area contributed by atoms with Gasteiger partial charge in [-0.05, 0) is 51.3 Å². The Balaban J connectivity index is 2.43. The molecule has 1 aromatic carbocycles. The van der Waals surface area contributed by atoms with E-state index in [0.717, 1.165) is 22.0 Å². The van der Waals surface area contributed by atoms with Crippen molar-refractivity contribution in [1.29, 1.82) is 0 Å². The third kappa shape index (κ3) is 3.85. The zero-order chi connectivity index (χ0) is 15.6. The van der Waals surface area contributed by atoms with Crippen molar-refractivity contribution < 1.29 is 0 Å². The van der Waals surface area contributed by atoms with Crippen molar-refractivity contribution in [2.24, 2.45) is 0 Å². The van der Waals surface area contributed by atoms with E-state index in [1.54, 1.807) is 11.3 Å². The summed E-state index contributed by atoms with van der Waals surface area (Å²) < 4.78 is 0. The van der Waals surface area contributed by atoms with Crippen LogP contribution in [0.1, 0.15) is 53.5 Å². The lowest BCUT2D eigenvalue weighted by molar-refractivity contribution is 0.526. The summed E-state index contributed by atoms with van der Waals surface area (Å²) in [5, 5.41) is 5.55. The summed E-state index contributed by atoms with van der Waals surface area (Å²) in [6, 6.07) is 6.76. The highest BCUT2D eigenvalue weighted by molar-refractivity contribution is 7.11. The Morgan fingerprint density at radius 3 is 2.52 bits per heavy atom. The number of hydrogen-bond donors (Lipinski definition) is 1. The van der Waals surface area contributed by atoms with Crippen LogP contribution in [0.25, 0.3) is 0 Å². The van der Waals surface area contributed by atoms with Gasteiger partial charge in [-0.2, -0.15) is 0 Å². The van der Waals surface area contributed by atoms with Gasteiger partial charge in [-0.25, -0.2) is 4.98 Å². The number of aryl methyl sites for hydroxylation is 3. The molecule has 0 fully saturated rings. The van der Waals surface area contributed by atoms with E-state index in [4.69, 9.17) is 16.6 Å². The predicted octanol–water partition coefficient (Wildman–Crippen LogP) is 5.06. The van der Waals surface area contributed by atoms with Crippen LogP contribution in [0.15, 0.2) is 18.2 Å². The monoisotopic (exact) mass is 322 g/mol. The lowest BCUT2D eigenvalue weighted by Crippen LogP contribution is -2.29. The zero-order valence-corrected chi connectivity index (χ0v) is 14.9. The van der Waals surface area contributed by atoms with Crippen LogP contribution in [-0.2, 0) is 6.42 Å². The first-order valence-electron chi connectivity index (χ1n) is 7.40. The Morgan fingerprint density at radius 1 is 1.29 bits per heavy atom. The molecule has 0 aliphatic heterocycles. The summed E-state index contributed by atoms with van der Waals surface area (Å²) in [5.74, 6) is 0. The maximum absolute atomic E-state index is 6.30. The van der Waals surface area contributed by atoms with Crippen molar-refractivity contribution in [3.63, 3.8) is 0 Å². The van der Waals surface area contributed by atoms with Crippen molar-refractivity contribution in [3.8, 4) is 0 Å². The molecule has 0 radical (unpaired) electrons. The van der Waals surface area contributed by atoms with Crippen molar-refractivity contribution >= 4 is 22.9 Å². The van der Waals surface area contributed by atoms with Crippen LogP contribution in [0.5, 0.6) is 0 Å². The quantitative estimate of drug-likeness (QED) is 0.832. The second-order valence-corrected chi connectivity index (χ2v) is 7.31. The first kappa shape index (κ1) is 16.5. The van der Waals surface area contributed by atoms with Gasteiger partial charge in [0.05, 0.1) is 11.7 Å². The summed E-state index contributed by atoms with van der Waals surface area (Å²) in [6.45, 7) is 10.6. The number of nitrogens with zero attached hydrogens (tertiary/aromatic N) is 1. The van der Waals surface area contributed by atoms with Gasteiger partial charge in [-0.15, -0.1) is 11.3 Å². The number of hydrogen-bond acceptors (Lipinski definition) is 3. The molecule has 114 valence electrons. The van der Waals surface area contributed by atoms with Gasteiger partial charge in [0.15, 0.2) is 0 Å². The molecule has 0 bridgehead atoms. The Bertz CT molecular complexity index is 619. The molecule has 0 saturated carbocycles. The van der Waals surface area contributed by atoms with Gasteiger partial charge in [-0.3, -0.25) is 0 Å². The Labute approximate surface area is 136 Å². The van der Waals surface area contributed by atoms with Crippen LogP contribution in [0.3, 0.4) is 0 Å². The maximum atomic E-state index is 6.30. The van der Waals surface area contributed by atoms with E-state index in [9.17, 15) is 0 Å². The normalized spacial score (nSPS) is 12.9. The van der Waals surface area contributed by atoms with E-state index in [-0.39, 0.29) is 6.04 Å². The van der Waals surface area contributed by atoms with E-state index in [1.807, 2.05) is 6.92 Å². The second kappa shape index (κ2) is 6.91. The number of nitrogens with one attached hydrogen (secondary N) is 1. The molecule has 1 N–H and O–H groups in total. The molecule has 21 heavy (non-hydrogen) atoms. The minimum atomic E-state index is 0.104. The smallest absolute Gasteiger partial charge is 0.115 e. The fourth-order valence-electron chi connectivity index (χ4n) is 2.33. The van der Waals surface area contributed by atoms with Gasteiger partial charge in [0, 0.05) is 15.9 Å². The number of benzene rings is 1. The SMILES string of the molecule is CCc1nc(C(NC(C)C)c2ccc(C)c(Cl)c2)sc1C. The lowest BCUT2D eigenvalue weighted by atomic mass is 10.0. The summed E-state index contributed by atoms with van der Waals surface area (Å²) >= 11 is 8.08. The third-order valence-corrected chi connectivity index (χ3v) is 5.01. The highest BCUT2D eigenvalue weighted by Gasteiger charge is 2.20. The topological polar surface area (TPSA) is 24.9 Å². The molecule has 2 nitrogen and oxygen atoms in total. The van der Waals surface area contributed by atoms with Gasteiger partial charge in [0.2, 0.25) is 0 Å². The van der Waals surface area contributed by atoms with Gasteiger partial charge in [0.25, 0.3) is 0 Å². The molecule has 0 spiro atoms. The maximum Gasteiger partial charge on any atom is 0.115 e. The summed E-state index contributed by atoms with van der Waals surface area (Å²) in [5.41, 5.74) is 3.48. The van der Waals surface area contributed by atoms with Gasteiger partial charge in [0.1, 0.15) is 5.01 Å². The first-order chi connectivity index (χ1) is 9.92.